The largest absolute Gasteiger partial charge is 0.397 e. The molecule has 15 heavy (non-hydrogen) atoms. The predicted octanol–water partition coefficient (Wildman–Crippen LogP) is 2.65. The molecule has 2 aromatic heterocycles. The number of nitrogens with zero attached hydrogens (tertiary/aromatic N) is 1. The molecule has 2 heterocycles. The number of pyridine rings is 1. The van der Waals surface area contributed by atoms with Crippen molar-refractivity contribution in [2.75, 3.05) is 11.1 Å². The SMILES string of the molecule is Cc1cscc1CNc1cncc(N)c1. The fourth-order valence-corrected chi connectivity index (χ4v) is 2.18. The molecular formula is C11H13N3S. The first-order valence-electron chi connectivity index (χ1n) is 4.72. The summed E-state index contributed by atoms with van der Waals surface area (Å²) in [5.41, 5.74) is 9.92. The van der Waals surface area contributed by atoms with Crippen molar-refractivity contribution in [1.29, 1.82) is 0 Å². The van der Waals surface area contributed by atoms with Crippen molar-refractivity contribution in [2.24, 2.45) is 0 Å². The number of aromatic nitrogens is 1. The van der Waals surface area contributed by atoms with Gasteiger partial charge in [-0.15, -0.1) is 0 Å². The van der Waals surface area contributed by atoms with Gasteiger partial charge >= 0.3 is 0 Å². The van der Waals surface area contributed by atoms with Crippen molar-refractivity contribution in [3.05, 3.63) is 40.3 Å². The molecule has 0 amide bonds. The van der Waals surface area contributed by atoms with E-state index in [0.717, 1.165) is 12.2 Å². The number of anilines is 2. The van der Waals surface area contributed by atoms with Gasteiger partial charge in [0.15, 0.2) is 0 Å². The summed E-state index contributed by atoms with van der Waals surface area (Å²) in [6.45, 7) is 2.94. The zero-order valence-corrected chi connectivity index (χ0v) is 9.34. The van der Waals surface area contributed by atoms with Crippen LogP contribution in [0.15, 0.2) is 29.2 Å². The van der Waals surface area contributed by atoms with E-state index in [4.69, 9.17) is 5.73 Å². The van der Waals surface area contributed by atoms with Crippen LogP contribution in [0.2, 0.25) is 0 Å². The van der Waals surface area contributed by atoms with Gasteiger partial charge < -0.3 is 11.1 Å². The number of nitrogen functional groups attached to an aromatic ring is 1. The molecule has 0 spiro atoms. The van der Waals surface area contributed by atoms with Gasteiger partial charge in [0.2, 0.25) is 0 Å². The number of rotatable bonds is 3. The lowest BCUT2D eigenvalue weighted by Gasteiger charge is -2.05. The van der Waals surface area contributed by atoms with Gasteiger partial charge in [0.1, 0.15) is 0 Å². The molecule has 0 atom stereocenters. The molecule has 0 saturated heterocycles. The molecule has 2 rings (SSSR count). The molecule has 0 fully saturated rings. The van der Waals surface area contributed by atoms with Gasteiger partial charge in [-0.25, -0.2) is 0 Å². The van der Waals surface area contributed by atoms with Gasteiger partial charge in [-0.2, -0.15) is 11.3 Å². The maximum Gasteiger partial charge on any atom is 0.0550 e. The first kappa shape index (κ1) is 9.98. The van der Waals surface area contributed by atoms with Crippen LogP contribution < -0.4 is 11.1 Å². The van der Waals surface area contributed by atoms with Crippen molar-refractivity contribution >= 4 is 22.7 Å². The fraction of sp³-hybridized carbons (Fsp3) is 0.182. The summed E-state index contributed by atoms with van der Waals surface area (Å²) in [5, 5.41) is 7.60. The van der Waals surface area contributed by atoms with Crippen molar-refractivity contribution < 1.29 is 0 Å². The summed E-state index contributed by atoms with van der Waals surface area (Å²) in [6.07, 6.45) is 3.42. The van der Waals surface area contributed by atoms with Crippen LogP contribution in [-0.2, 0) is 6.54 Å². The zero-order valence-electron chi connectivity index (χ0n) is 8.53. The van der Waals surface area contributed by atoms with Crippen LogP contribution >= 0.6 is 11.3 Å². The molecule has 0 bridgehead atoms. The molecular weight excluding hydrogens is 206 g/mol. The van der Waals surface area contributed by atoms with Gasteiger partial charge in [-0.1, -0.05) is 0 Å². The van der Waals surface area contributed by atoms with E-state index in [1.165, 1.54) is 11.1 Å². The molecule has 3 nitrogen and oxygen atoms in total. The molecule has 2 aromatic rings. The van der Waals surface area contributed by atoms with Gasteiger partial charge in [-0.05, 0) is 34.9 Å². The molecule has 0 radical (unpaired) electrons. The minimum absolute atomic E-state index is 0.682. The number of nitrogens with one attached hydrogen (secondary N) is 1. The van der Waals surface area contributed by atoms with E-state index in [0.29, 0.717) is 5.69 Å². The third-order valence-corrected chi connectivity index (χ3v) is 3.11. The minimum atomic E-state index is 0.682. The summed E-state index contributed by atoms with van der Waals surface area (Å²) >= 11 is 1.72. The molecule has 0 unspecified atom stereocenters. The lowest BCUT2D eigenvalue weighted by Crippen LogP contribution is -2.00. The Labute approximate surface area is 93.0 Å². The lowest BCUT2D eigenvalue weighted by molar-refractivity contribution is 1.13. The molecule has 3 N–H and O–H groups in total. The average molecular weight is 219 g/mol. The highest BCUT2D eigenvalue weighted by molar-refractivity contribution is 7.08. The second kappa shape index (κ2) is 4.31. The highest BCUT2D eigenvalue weighted by Crippen LogP contribution is 2.16. The lowest BCUT2D eigenvalue weighted by atomic mass is 10.2. The van der Waals surface area contributed by atoms with Crippen LogP contribution in [0.4, 0.5) is 11.4 Å². The average Bonchev–Trinajstić information content (AvgIpc) is 2.61. The van der Waals surface area contributed by atoms with E-state index in [9.17, 15) is 0 Å². The summed E-state index contributed by atoms with van der Waals surface area (Å²) in [7, 11) is 0. The fourth-order valence-electron chi connectivity index (χ4n) is 1.32. The second-order valence-electron chi connectivity index (χ2n) is 3.44. The van der Waals surface area contributed by atoms with Crippen LogP contribution in [0, 0.1) is 6.92 Å². The number of hydrogen-bond acceptors (Lipinski definition) is 4. The van der Waals surface area contributed by atoms with E-state index in [-0.39, 0.29) is 0 Å². The summed E-state index contributed by atoms with van der Waals surface area (Å²) < 4.78 is 0. The Morgan fingerprint density at radius 1 is 1.40 bits per heavy atom. The molecule has 0 aliphatic carbocycles. The van der Waals surface area contributed by atoms with E-state index in [2.05, 4.69) is 28.0 Å². The highest BCUT2D eigenvalue weighted by atomic mass is 32.1. The number of aryl methyl sites for hydroxylation is 1. The number of thiophene rings is 1. The highest BCUT2D eigenvalue weighted by Gasteiger charge is 1.99. The van der Waals surface area contributed by atoms with Gasteiger partial charge in [0, 0.05) is 12.7 Å². The van der Waals surface area contributed by atoms with Crippen molar-refractivity contribution in [3.8, 4) is 0 Å². The minimum Gasteiger partial charge on any atom is -0.397 e. The normalized spacial score (nSPS) is 10.2. The Kier molecular flexibility index (Phi) is 2.87. The Bertz CT molecular complexity index is 451. The van der Waals surface area contributed by atoms with Crippen LogP contribution in [-0.4, -0.2) is 4.98 Å². The summed E-state index contributed by atoms with van der Waals surface area (Å²) in [5.74, 6) is 0. The van der Waals surface area contributed by atoms with Gasteiger partial charge in [0.05, 0.1) is 17.6 Å². The maximum absolute atomic E-state index is 5.64. The standard InChI is InChI=1S/C11H13N3S/c1-8-6-15-7-9(8)3-14-11-2-10(12)4-13-5-11/h2,4-7,14H,3,12H2,1H3. The maximum atomic E-state index is 5.64. The van der Waals surface area contributed by atoms with E-state index < -0.39 is 0 Å². The Morgan fingerprint density at radius 3 is 2.93 bits per heavy atom. The van der Waals surface area contributed by atoms with Crippen molar-refractivity contribution in [1.82, 2.24) is 4.98 Å². The monoisotopic (exact) mass is 219 g/mol. The topological polar surface area (TPSA) is 50.9 Å². The molecule has 0 aromatic carbocycles. The van der Waals surface area contributed by atoms with Crippen LogP contribution in [0.3, 0.4) is 0 Å². The van der Waals surface area contributed by atoms with Gasteiger partial charge in [0.25, 0.3) is 0 Å². The quantitative estimate of drug-likeness (QED) is 0.834. The summed E-state index contributed by atoms with van der Waals surface area (Å²) in [4.78, 5) is 4.02. The van der Waals surface area contributed by atoms with E-state index >= 15 is 0 Å². The Hall–Kier alpha value is -1.55. The second-order valence-corrected chi connectivity index (χ2v) is 4.18. The molecule has 0 aliphatic rings. The summed E-state index contributed by atoms with van der Waals surface area (Å²) in [6, 6.07) is 1.88. The third kappa shape index (κ3) is 2.47. The smallest absolute Gasteiger partial charge is 0.0550 e. The first-order valence-corrected chi connectivity index (χ1v) is 5.66. The van der Waals surface area contributed by atoms with Gasteiger partial charge in [-0.3, -0.25) is 4.98 Å². The molecule has 0 saturated carbocycles. The molecule has 0 aliphatic heterocycles. The van der Waals surface area contributed by atoms with Crippen molar-refractivity contribution in [3.63, 3.8) is 0 Å². The van der Waals surface area contributed by atoms with Crippen LogP contribution in [0.5, 0.6) is 0 Å². The zero-order chi connectivity index (χ0) is 10.7. The van der Waals surface area contributed by atoms with Crippen LogP contribution in [0.1, 0.15) is 11.1 Å². The molecule has 78 valence electrons. The Morgan fingerprint density at radius 2 is 2.27 bits per heavy atom. The third-order valence-electron chi connectivity index (χ3n) is 2.20. The predicted molar refractivity (Wildman–Crippen MR) is 65.0 cm³/mol. The number of hydrogen-bond donors (Lipinski definition) is 2. The number of nitrogens with two attached hydrogens (primary N) is 1. The van der Waals surface area contributed by atoms with E-state index in [1.807, 2.05) is 6.07 Å². The first-order chi connectivity index (χ1) is 7.25. The Balaban J connectivity index is 2.02. The molecule has 4 heteroatoms. The van der Waals surface area contributed by atoms with Crippen LogP contribution in [0.25, 0.3) is 0 Å². The van der Waals surface area contributed by atoms with Crippen molar-refractivity contribution in [2.45, 2.75) is 13.5 Å². The van der Waals surface area contributed by atoms with E-state index in [1.54, 1.807) is 23.7 Å².